The van der Waals surface area contributed by atoms with E-state index in [0.29, 0.717) is 6.61 Å². The van der Waals surface area contributed by atoms with E-state index < -0.39 is 0 Å². The molecule has 1 aromatic heterocycles. The first-order chi connectivity index (χ1) is 8.93. The maximum absolute atomic E-state index is 5.76. The van der Waals surface area contributed by atoms with Crippen LogP contribution >= 0.6 is 0 Å². The van der Waals surface area contributed by atoms with Gasteiger partial charge < -0.3 is 13.9 Å². The predicted octanol–water partition coefficient (Wildman–Crippen LogP) is 1.54. The minimum atomic E-state index is 0.653. The van der Waals surface area contributed by atoms with E-state index in [0.717, 1.165) is 49.7 Å². The molecule has 0 amide bonds. The van der Waals surface area contributed by atoms with Gasteiger partial charge in [-0.1, -0.05) is 6.07 Å². The molecule has 18 heavy (non-hydrogen) atoms. The third-order valence-electron chi connectivity index (χ3n) is 3.09. The smallest absolute Gasteiger partial charge is 0.196 e. The van der Waals surface area contributed by atoms with Gasteiger partial charge in [0.25, 0.3) is 0 Å². The zero-order valence-corrected chi connectivity index (χ0v) is 10.2. The van der Waals surface area contributed by atoms with Gasteiger partial charge in [-0.15, -0.1) is 0 Å². The lowest BCUT2D eigenvalue weighted by Crippen LogP contribution is -2.38. The van der Waals surface area contributed by atoms with Crippen molar-refractivity contribution in [3.63, 3.8) is 0 Å². The Kier molecular flexibility index (Phi) is 3.43. The molecule has 1 aliphatic rings. The fourth-order valence-electron chi connectivity index (χ4n) is 2.08. The Morgan fingerprint density at radius 1 is 1.28 bits per heavy atom. The lowest BCUT2D eigenvalue weighted by Gasteiger charge is -2.26. The molecule has 96 valence electrons. The highest BCUT2D eigenvalue weighted by Crippen LogP contribution is 2.24. The predicted molar refractivity (Wildman–Crippen MR) is 66.8 cm³/mol. The summed E-state index contributed by atoms with van der Waals surface area (Å²) in [6.07, 6.45) is 1.44. The summed E-state index contributed by atoms with van der Waals surface area (Å²) in [5.41, 5.74) is 1.55. The van der Waals surface area contributed by atoms with Crippen molar-refractivity contribution in [1.82, 2.24) is 9.88 Å². The maximum Gasteiger partial charge on any atom is 0.196 e. The lowest BCUT2D eigenvalue weighted by atomic mass is 10.3. The van der Waals surface area contributed by atoms with Crippen molar-refractivity contribution in [2.75, 3.05) is 39.5 Å². The van der Waals surface area contributed by atoms with Crippen molar-refractivity contribution in [2.24, 2.45) is 0 Å². The van der Waals surface area contributed by atoms with Crippen molar-refractivity contribution >= 4 is 11.1 Å². The third kappa shape index (κ3) is 2.47. The van der Waals surface area contributed by atoms with Crippen molar-refractivity contribution in [3.05, 3.63) is 24.6 Å². The second-order valence-corrected chi connectivity index (χ2v) is 4.26. The fourth-order valence-corrected chi connectivity index (χ4v) is 2.08. The molecule has 1 saturated heterocycles. The van der Waals surface area contributed by atoms with Crippen LogP contribution in [0.15, 0.2) is 29.0 Å². The molecule has 0 radical (unpaired) electrons. The average Bonchev–Trinajstić information content (AvgIpc) is 2.89. The summed E-state index contributed by atoms with van der Waals surface area (Å²) in [4.78, 5) is 6.44. The summed E-state index contributed by atoms with van der Waals surface area (Å²) in [6, 6.07) is 5.75. The zero-order chi connectivity index (χ0) is 12.2. The second-order valence-electron chi connectivity index (χ2n) is 4.26. The van der Waals surface area contributed by atoms with Crippen molar-refractivity contribution < 1.29 is 13.9 Å². The molecule has 1 aromatic carbocycles. The van der Waals surface area contributed by atoms with E-state index in [1.807, 2.05) is 18.2 Å². The standard InChI is InChI=1S/C13H16N2O3/c1-2-11-13(18-10-14-11)12(3-1)17-9-6-15-4-7-16-8-5-15/h1-3,10H,4-9H2. The van der Waals surface area contributed by atoms with Gasteiger partial charge in [-0.3, -0.25) is 4.90 Å². The number of hydrogen-bond acceptors (Lipinski definition) is 5. The minimum absolute atomic E-state index is 0.653. The fraction of sp³-hybridized carbons (Fsp3) is 0.462. The Hall–Kier alpha value is -1.59. The molecule has 0 atom stereocenters. The first-order valence-electron chi connectivity index (χ1n) is 6.18. The summed E-state index contributed by atoms with van der Waals surface area (Å²) in [5, 5.41) is 0. The molecular formula is C13H16N2O3. The molecule has 5 heteroatoms. The van der Waals surface area contributed by atoms with Crippen molar-refractivity contribution in [1.29, 1.82) is 0 Å². The molecule has 1 fully saturated rings. The number of hydrogen-bond donors (Lipinski definition) is 0. The number of benzene rings is 1. The number of ether oxygens (including phenoxy) is 2. The zero-order valence-electron chi connectivity index (χ0n) is 10.2. The highest BCUT2D eigenvalue weighted by molar-refractivity contribution is 5.78. The Labute approximate surface area is 105 Å². The summed E-state index contributed by atoms with van der Waals surface area (Å²) in [6.45, 7) is 5.16. The highest BCUT2D eigenvalue weighted by Gasteiger charge is 2.11. The summed E-state index contributed by atoms with van der Waals surface area (Å²) in [7, 11) is 0. The van der Waals surface area contributed by atoms with Gasteiger partial charge in [-0.05, 0) is 12.1 Å². The van der Waals surface area contributed by atoms with E-state index >= 15 is 0 Å². The van der Waals surface area contributed by atoms with Crippen LogP contribution in [0.1, 0.15) is 0 Å². The van der Waals surface area contributed by atoms with Crippen LogP contribution in [0.25, 0.3) is 11.1 Å². The van der Waals surface area contributed by atoms with Crippen LogP contribution in [-0.4, -0.2) is 49.3 Å². The molecule has 1 aliphatic heterocycles. The average molecular weight is 248 g/mol. The SMILES string of the molecule is c1cc(OCCN2CCOCC2)c2ocnc2c1. The van der Waals surface area contributed by atoms with E-state index in [4.69, 9.17) is 13.9 Å². The van der Waals surface area contributed by atoms with Crippen LogP contribution in [0.2, 0.25) is 0 Å². The molecule has 0 spiro atoms. The van der Waals surface area contributed by atoms with Crippen molar-refractivity contribution in [3.8, 4) is 5.75 Å². The Morgan fingerprint density at radius 3 is 3.06 bits per heavy atom. The van der Waals surface area contributed by atoms with Gasteiger partial charge in [0, 0.05) is 19.6 Å². The monoisotopic (exact) mass is 248 g/mol. The number of rotatable bonds is 4. The van der Waals surface area contributed by atoms with Crippen LogP contribution < -0.4 is 4.74 Å². The third-order valence-corrected chi connectivity index (χ3v) is 3.09. The van der Waals surface area contributed by atoms with Gasteiger partial charge >= 0.3 is 0 Å². The summed E-state index contributed by atoms with van der Waals surface area (Å²) >= 11 is 0. The first-order valence-corrected chi connectivity index (χ1v) is 6.18. The largest absolute Gasteiger partial charge is 0.488 e. The molecule has 5 nitrogen and oxygen atoms in total. The van der Waals surface area contributed by atoms with Gasteiger partial charge in [0.1, 0.15) is 12.1 Å². The van der Waals surface area contributed by atoms with Gasteiger partial charge in [-0.25, -0.2) is 4.98 Å². The topological polar surface area (TPSA) is 47.7 Å². The lowest BCUT2D eigenvalue weighted by molar-refractivity contribution is 0.0323. The maximum atomic E-state index is 5.76. The van der Waals surface area contributed by atoms with Crippen LogP contribution in [0, 0.1) is 0 Å². The molecular weight excluding hydrogens is 232 g/mol. The first kappa shape index (κ1) is 11.5. The minimum Gasteiger partial charge on any atom is -0.488 e. The van der Waals surface area contributed by atoms with Gasteiger partial charge in [0.2, 0.25) is 0 Å². The number of aromatic nitrogens is 1. The van der Waals surface area contributed by atoms with Crippen LogP contribution in [0.5, 0.6) is 5.75 Å². The van der Waals surface area contributed by atoms with Gasteiger partial charge in [-0.2, -0.15) is 0 Å². The number of nitrogens with zero attached hydrogens (tertiary/aromatic N) is 2. The van der Waals surface area contributed by atoms with Crippen molar-refractivity contribution in [2.45, 2.75) is 0 Å². The van der Waals surface area contributed by atoms with Crippen LogP contribution in [0.3, 0.4) is 0 Å². The Bertz CT molecular complexity index is 506. The molecule has 0 N–H and O–H groups in total. The number of fused-ring (bicyclic) bond motifs is 1. The molecule has 2 heterocycles. The van der Waals surface area contributed by atoms with Crippen LogP contribution in [-0.2, 0) is 4.74 Å². The normalized spacial score (nSPS) is 17.1. The highest BCUT2D eigenvalue weighted by atomic mass is 16.5. The van der Waals surface area contributed by atoms with E-state index in [2.05, 4.69) is 9.88 Å². The Morgan fingerprint density at radius 2 is 2.17 bits per heavy atom. The summed E-state index contributed by atoms with van der Waals surface area (Å²) < 4.78 is 16.4. The van der Waals surface area contributed by atoms with Gasteiger partial charge in [0.05, 0.1) is 13.2 Å². The van der Waals surface area contributed by atoms with E-state index in [9.17, 15) is 0 Å². The Balaban J connectivity index is 1.57. The summed E-state index contributed by atoms with van der Waals surface area (Å²) in [5.74, 6) is 0.762. The molecule has 0 aliphatic carbocycles. The number of morpholine rings is 1. The second kappa shape index (κ2) is 5.37. The molecule has 0 unspecified atom stereocenters. The van der Waals surface area contributed by atoms with E-state index in [1.54, 1.807) is 0 Å². The quantitative estimate of drug-likeness (QED) is 0.821. The molecule has 0 bridgehead atoms. The number of oxazole rings is 1. The number of para-hydroxylation sites is 1. The molecule has 3 rings (SSSR count). The van der Waals surface area contributed by atoms with Crippen LogP contribution in [0.4, 0.5) is 0 Å². The van der Waals surface area contributed by atoms with E-state index in [1.165, 1.54) is 6.39 Å². The molecule has 2 aromatic rings. The molecule has 0 saturated carbocycles. The van der Waals surface area contributed by atoms with E-state index in [-0.39, 0.29) is 0 Å². The van der Waals surface area contributed by atoms with Gasteiger partial charge in [0.15, 0.2) is 17.7 Å².